The Morgan fingerprint density at radius 3 is 2.12 bits per heavy atom. The van der Waals surface area contributed by atoms with E-state index in [1.54, 1.807) is 44.9 Å². The normalized spacial score (nSPS) is 25.7. The number of benzene rings is 1. The summed E-state index contributed by atoms with van der Waals surface area (Å²) in [6.45, 7) is 0. The van der Waals surface area contributed by atoms with E-state index in [0.29, 0.717) is 17.2 Å². The van der Waals surface area contributed by atoms with Crippen molar-refractivity contribution in [2.75, 3.05) is 32.8 Å². The predicted octanol–water partition coefficient (Wildman–Crippen LogP) is 4.20. The topological polar surface area (TPSA) is 85.3 Å². The van der Waals surface area contributed by atoms with Gasteiger partial charge >= 0.3 is 5.97 Å². The van der Waals surface area contributed by atoms with E-state index in [1.807, 2.05) is 17.0 Å². The maximum Gasteiger partial charge on any atom is 0.311 e. The second-order valence-corrected chi connectivity index (χ2v) is 11.6. The minimum atomic E-state index is -0.862. The molecule has 9 heteroatoms. The zero-order chi connectivity index (χ0) is 22.9. The first-order valence-electron chi connectivity index (χ1n) is 11.1. The molecule has 176 valence electrons. The van der Waals surface area contributed by atoms with Crippen molar-refractivity contribution >= 4 is 35.4 Å². The van der Waals surface area contributed by atoms with E-state index in [2.05, 4.69) is 0 Å². The molecule has 1 spiro atoms. The number of carboxylic acids is 1. The second kappa shape index (κ2) is 9.63. The molecule has 3 aliphatic rings. The third-order valence-electron chi connectivity index (χ3n) is 6.81. The van der Waals surface area contributed by atoms with Crippen molar-refractivity contribution < 1.29 is 28.9 Å². The molecule has 1 N–H and O–H groups in total. The van der Waals surface area contributed by atoms with Gasteiger partial charge in [-0.25, -0.2) is 0 Å². The third-order valence-corrected chi connectivity index (χ3v) is 10.4. The molecule has 32 heavy (non-hydrogen) atoms. The molecule has 2 atom stereocenters. The molecule has 1 aromatic carbocycles. The number of hydrogen-bond acceptors (Lipinski definition) is 7. The monoisotopic (exact) mass is 481 g/mol. The number of carbonyl (C=O) groups excluding carboxylic acids is 1. The number of carbonyl (C=O) groups is 2. The molecule has 1 aromatic rings. The number of piperidine rings is 1. The molecule has 2 saturated heterocycles. The number of nitrogens with zero attached hydrogens (tertiary/aromatic N) is 1. The van der Waals surface area contributed by atoms with E-state index in [9.17, 15) is 14.7 Å². The van der Waals surface area contributed by atoms with Gasteiger partial charge in [0.1, 0.15) is 5.92 Å². The van der Waals surface area contributed by atoms with Crippen molar-refractivity contribution in [3.8, 4) is 17.2 Å². The van der Waals surface area contributed by atoms with Crippen molar-refractivity contribution in [1.82, 2.24) is 4.90 Å². The van der Waals surface area contributed by atoms with Crippen LogP contribution in [0.2, 0.25) is 0 Å². The van der Waals surface area contributed by atoms with Crippen LogP contribution in [0, 0.1) is 5.92 Å². The largest absolute Gasteiger partial charge is 0.493 e. The zero-order valence-electron chi connectivity index (χ0n) is 18.8. The van der Waals surface area contributed by atoms with E-state index < -0.39 is 22.0 Å². The number of likely N-dealkylation sites (tertiary alicyclic amines) is 1. The van der Waals surface area contributed by atoms with Crippen LogP contribution in [0.25, 0.3) is 0 Å². The minimum absolute atomic E-state index is 0.0510. The van der Waals surface area contributed by atoms with E-state index in [-0.39, 0.29) is 18.4 Å². The summed E-state index contributed by atoms with van der Waals surface area (Å²) < 4.78 is 16.0. The molecule has 3 fully saturated rings. The smallest absolute Gasteiger partial charge is 0.311 e. The second-order valence-electron chi connectivity index (χ2n) is 8.50. The highest BCUT2D eigenvalue weighted by molar-refractivity contribution is 8.21. The SMILES string of the molecule is COc1cc([C@H]2[C@H](C(=O)O)C3(CC(=O)N2C2CCCCC2)SCCS3)cc(OC)c1OC. The van der Waals surface area contributed by atoms with Gasteiger partial charge in [0.25, 0.3) is 0 Å². The Morgan fingerprint density at radius 1 is 1.03 bits per heavy atom. The van der Waals surface area contributed by atoms with Gasteiger partial charge in [0.2, 0.25) is 11.7 Å². The van der Waals surface area contributed by atoms with Gasteiger partial charge in [-0.15, -0.1) is 23.5 Å². The lowest BCUT2D eigenvalue weighted by Gasteiger charge is -2.51. The highest BCUT2D eigenvalue weighted by Gasteiger charge is 2.59. The Kier molecular flexibility index (Phi) is 7.05. The summed E-state index contributed by atoms with van der Waals surface area (Å²) in [7, 11) is 4.63. The lowest BCUT2D eigenvalue weighted by atomic mass is 9.80. The molecular formula is C23H31NO6S2. The van der Waals surface area contributed by atoms with E-state index >= 15 is 0 Å². The number of ether oxygens (including phenoxy) is 3. The molecule has 0 aromatic heterocycles. The fraction of sp³-hybridized carbons (Fsp3) is 0.652. The van der Waals surface area contributed by atoms with Crippen LogP contribution >= 0.6 is 23.5 Å². The van der Waals surface area contributed by atoms with Crippen LogP contribution in [0.15, 0.2) is 12.1 Å². The molecule has 1 saturated carbocycles. The summed E-state index contributed by atoms with van der Waals surface area (Å²) in [5, 5.41) is 10.5. The number of thioether (sulfide) groups is 2. The lowest BCUT2D eigenvalue weighted by Crippen LogP contribution is -2.58. The quantitative estimate of drug-likeness (QED) is 0.647. The summed E-state index contributed by atoms with van der Waals surface area (Å²) in [4.78, 5) is 28.4. The average Bonchev–Trinajstić information content (AvgIpc) is 3.25. The van der Waals surface area contributed by atoms with Gasteiger partial charge in [-0.3, -0.25) is 9.59 Å². The van der Waals surface area contributed by atoms with Gasteiger partial charge < -0.3 is 24.2 Å². The number of aliphatic carboxylic acids is 1. The summed E-state index contributed by atoms with van der Waals surface area (Å²) in [6.07, 6.45) is 5.35. The van der Waals surface area contributed by atoms with Crippen molar-refractivity contribution in [3.05, 3.63) is 17.7 Å². The van der Waals surface area contributed by atoms with E-state index in [0.717, 1.165) is 49.2 Å². The molecule has 0 bridgehead atoms. The van der Waals surface area contributed by atoms with Crippen molar-refractivity contribution in [3.63, 3.8) is 0 Å². The first-order valence-corrected chi connectivity index (χ1v) is 13.0. The van der Waals surface area contributed by atoms with Crippen LogP contribution in [0.5, 0.6) is 17.2 Å². The van der Waals surface area contributed by atoms with Gasteiger partial charge in [-0.1, -0.05) is 19.3 Å². The molecule has 2 heterocycles. The Balaban J connectivity index is 1.89. The predicted molar refractivity (Wildman–Crippen MR) is 126 cm³/mol. The van der Waals surface area contributed by atoms with Crippen molar-refractivity contribution in [2.24, 2.45) is 5.92 Å². The molecule has 4 rings (SSSR count). The van der Waals surface area contributed by atoms with E-state index in [4.69, 9.17) is 14.2 Å². The molecule has 0 unspecified atom stereocenters. The van der Waals surface area contributed by atoms with Crippen LogP contribution in [-0.2, 0) is 9.59 Å². The molecular weight excluding hydrogens is 450 g/mol. The Bertz CT molecular complexity index is 841. The number of rotatable bonds is 6. The number of carboxylic acid groups (broad SMARTS) is 1. The molecule has 7 nitrogen and oxygen atoms in total. The van der Waals surface area contributed by atoms with Crippen LogP contribution in [0.4, 0.5) is 0 Å². The molecule has 1 amide bonds. The van der Waals surface area contributed by atoms with Crippen LogP contribution in [0.1, 0.15) is 50.1 Å². The summed E-state index contributed by atoms with van der Waals surface area (Å²) in [6, 6.07) is 3.09. The zero-order valence-corrected chi connectivity index (χ0v) is 20.4. The first-order chi connectivity index (χ1) is 15.5. The highest BCUT2D eigenvalue weighted by Crippen LogP contribution is 2.60. The molecule has 0 radical (unpaired) electrons. The summed E-state index contributed by atoms with van der Waals surface area (Å²) >= 11 is 3.26. The number of amides is 1. The Labute approximate surface area is 197 Å². The van der Waals surface area contributed by atoms with Gasteiger partial charge in [0, 0.05) is 17.5 Å². The highest BCUT2D eigenvalue weighted by atomic mass is 32.2. The third kappa shape index (κ3) is 4.02. The molecule has 1 aliphatic carbocycles. The maximum atomic E-state index is 13.7. The van der Waals surface area contributed by atoms with Gasteiger partial charge in [0.15, 0.2) is 11.5 Å². The summed E-state index contributed by atoms with van der Waals surface area (Å²) in [5.41, 5.74) is 0.720. The molecule has 2 aliphatic heterocycles. The average molecular weight is 482 g/mol. The Hall–Kier alpha value is -1.74. The van der Waals surface area contributed by atoms with Gasteiger partial charge in [0.05, 0.1) is 37.9 Å². The Morgan fingerprint density at radius 2 is 1.62 bits per heavy atom. The van der Waals surface area contributed by atoms with Crippen LogP contribution < -0.4 is 14.2 Å². The number of methoxy groups -OCH3 is 3. The van der Waals surface area contributed by atoms with Crippen molar-refractivity contribution in [2.45, 2.75) is 54.7 Å². The lowest BCUT2D eigenvalue weighted by molar-refractivity contribution is -0.155. The van der Waals surface area contributed by atoms with Gasteiger partial charge in [-0.05, 0) is 30.5 Å². The summed E-state index contributed by atoms with van der Waals surface area (Å²) in [5.74, 6) is 1.55. The van der Waals surface area contributed by atoms with Crippen molar-refractivity contribution in [1.29, 1.82) is 0 Å². The standard InChI is InChI=1S/C23H31NO6S2/c1-28-16-11-14(12-17(29-2)21(16)30-3)20-19(22(26)27)23(31-9-10-32-23)13-18(25)24(20)15-7-5-4-6-8-15/h11-12,15,19-20H,4-10,13H2,1-3H3,(H,26,27)/t19-,20+/m1/s1. The van der Waals surface area contributed by atoms with Crippen LogP contribution in [0.3, 0.4) is 0 Å². The fourth-order valence-electron chi connectivity index (χ4n) is 5.46. The number of hydrogen-bond donors (Lipinski definition) is 1. The minimum Gasteiger partial charge on any atom is -0.493 e. The van der Waals surface area contributed by atoms with E-state index in [1.165, 1.54) is 0 Å². The maximum absolute atomic E-state index is 13.7. The van der Waals surface area contributed by atoms with Crippen LogP contribution in [-0.4, -0.2) is 64.8 Å². The fourth-order valence-corrected chi connectivity index (χ4v) is 8.92. The first kappa shape index (κ1) is 23.4. The van der Waals surface area contributed by atoms with Gasteiger partial charge in [-0.2, -0.15) is 0 Å².